The van der Waals surface area contributed by atoms with Crippen molar-refractivity contribution in [3.8, 4) is 5.75 Å². The first-order chi connectivity index (χ1) is 9.97. The van der Waals surface area contributed by atoms with Gasteiger partial charge in [-0.25, -0.2) is 5.43 Å². The Balaban J connectivity index is 2.17. The zero-order valence-electron chi connectivity index (χ0n) is 11.7. The monoisotopic (exact) mass is 302 g/mol. The van der Waals surface area contributed by atoms with Crippen LogP contribution in [-0.4, -0.2) is 16.7 Å². The highest BCUT2D eigenvalue weighted by atomic mass is 35.5. The van der Waals surface area contributed by atoms with Gasteiger partial charge in [0.2, 0.25) is 0 Å². The number of aryl methyl sites for hydroxylation is 1. The van der Waals surface area contributed by atoms with Crippen LogP contribution < -0.4 is 5.43 Å². The summed E-state index contributed by atoms with van der Waals surface area (Å²) in [4.78, 5) is 12.0. The number of carbonyl (C=O) groups excluding carboxylic acids is 1. The van der Waals surface area contributed by atoms with Crippen molar-refractivity contribution < 1.29 is 9.90 Å². The lowest BCUT2D eigenvalue weighted by Gasteiger charge is -2.06. The first-order valence-electron chi connectivity index (χ1n) is 6.37. The second-order valence-electron chi connectivity index (χ2n) is 4.67. The summed E-state index contributed by atoms with van der Waals surface area (Å²) in [5.74, 6) is -0.245. The molecule has 21 heavy (non-hydrogen) atoms. The number of hydrazone groups is 1. The lowest BCUT2D eigenvalue weighted by Crippen LogP contribution is -2.19. The van der Waals surface area contributed by atoms with Crippen LogP contribution >= 0.6 is 11.6 Å². The molecule has 5 heteroatoms. The summed E-state index contributed by atoms with van der Waals surface area (Å²) >= 11 is 5.88. The predicted octanol–water partition coefficient (Wildman–Crippen LogP) is 3.51. The number of hydrogen-bond acceptors (Lipinski definition) is 3. The van der Waals surface area contributed by atoms with Gasteiger partial charge in [-0.1, -0.05) is 29.3 Å². The molecule has 1 amide bonds. The predicted molar refractivity (Wildman–Crippen MR) is 84.0 cm³/mol. The summed E-state index contributed by atoms with van der Waals surface area (Å²) in [5.41, 5.74) is 4.94. The number of aromatic hydroxyl groups is 1. The molecule has 0 aliphatic rings. The van der Waals surface area contributed by atoms with E-state index < -0.39 is 0 Å². The van der Waals surface area contributed by atoms with Crippen LogP contribution in [0.15, 0.2) is 47.6 Å². The first kappa shape index (κ1) is 15.1. The Morgan fingerprint density at radius 3 is 2.71 bits per heavy atom. The van der Waals surface area contributed by atoms with Crippen molar-refractivity contribution in [2.45, 2.75) is 13.8 Å². The van der Waals surface area contributed by atoms with Crippen molar-refractivity contribution in [1.29, 1.82) is 0 Å². The second-order valence-corrected chi connectivity index (χ2v) is 5.11. The molecule has 0 heterocycles. The molecule has 0 aliphatic heterocycles. The van der Waals surface area contributed by atoms with Gasteiger partial charge >= 0.3 is 0 Å². The van der Waals surface area contributed by atoms with Gasteiger partial charge in [-0.2, -0.15) is 5.10 Å². The molecule has 0 saturated carbocycles. The SMILES string of the molecule is CC(=NNC(=O)c1cccc(C)c1)c1cc(Cl)ccc1O. The molecule has 2 aromatic rings. The van der Waals surface area contributed by atoms with Crippen molar-refractivity contribution in [3.05, 3.63) is 64.2 Å². The molecule has 2 aromatic carbocycles. The van der Waals surface area contributed by atoms with E-state index in [-0.39, 0.29) is 11.7 Å². The standard InChI is InChI=1S/C16H15ClN2O2/c1-10-4-3-5-12(8-10)16(21)19-18-11(2)14-9-13(17)6-7-15(14)20/h3-9,20H,1-2H3,(H,19,21). The van der Waals surface area contributed by atoms with E-state index in [2.05, 4.69) is 10.5 Å². The minimum atomic E-state index is -0.306. The largest absolute Gasteiger partial charge is 0.507 e. The van der Waals surface area contributed by atoms with E-state index in [0.29, 0.717) is 21.9 Å². The average molecular weight is 303 g/mol. The topological polar surface area (TPSA) is 61.7 Å². The number of nitrogens with zero attached hydrogens (tertiary/aromatic N) is 1. The number of nitrogens with one attached hydrogen (secondary N) is 1. The molecule has 2 N–H and O–H groups in total. The van der Waals surface area contributed by atoms with Gasteiger partial charge in [0.1, 0.15) is 5.75 Å². The van der Waals surface area contributed by atoms with Gasteiger partial charge < -0.3 is 5.11 Å². The van der Waals surface area contributed by atoms with Gasteiger partial charge in [0.25, 0.3) is 5.91 Å². The lowest BCUT2D eigenvalue weighted by molar-refractivity contribution is 0.0954. The van der Waals surface area contributed by atoms with Gasteiger partial charge in [-0.15, -0.1) is 0 Å². The third-order valence-corrected chi connectivity index (χ3v) is 3.19. The average Bonchev–Trinajstić information content (AvgIpc) is 2.47. The van der Waals surface area contributed by atoms with E-state index in [1.54, 1.807) is 31.2 Å². The van der Waals surface area contributed by atoms with E-state index in [0.717, 1.165) is 5.56 Å². The van der Waals surface area contributed by atoms with Crippen molar-refractivity contribution in [2.75, 3.05) is 0 Å². The van der Waals surface area contributed by atoms with E-state index in [1.165, 1.54) is 6.07 Å². The van der Waals surface area contributed by atoms with Crippen molar-refractivity contribution in [2.24, 2.45) is 5.10 Å². The number of phenolic OH excluding ortho intramolecular Hbond substituents is 1. The number of hydrogen-bond donors (Lipinski definition) is 2. The van der Waals surface area contributed by atoms with Crippen molar-refractivity contribution in [3.63, 3.8) is 0 Å². The van der Waals surface area contributed by atoms with E-state index in [4.69, 9.17) is 11.6 Å². The summed E-state index contributed by atoms with van der Waals surface area (Å²) in [7, 11) is 0. The molecular formula is C16H15ClN2O2. The van der Waals surface area contributed by atoms with Crippen molar-refractivity contribution in [1.82, 2.24) is 5.43 Å². The Morgan fingerprint density at radius 2 is 2.00 bits per heavy atom. The lowest BCUT2D eigenvalue weighted by atomic mass is 10.1. The van der Waals surface area contributed by atoms with E-state index in [9.17, 15) is 9.90 Å². The molecule has 0 atom stereocenters. The van der Waals surface area contributed by atoms with Gasteiger partial charge in [-0.3, -0.25) is 4.79 Å². The highest BCUT2D eigenvalue weighted by molar-refractivity contribution is 6.31. The van der Waals surface area contributed by atoms with Crippen LogP contribution in [0, 0.1) is 6.92 Å². The number of amides is 1. The Kier molecular flexibility index (Phi) is 4.60. The number of phenols is 1. The van der Waals surface area contributed by atoms with Gasteiger partial charge in [0, 0.05) is 16.1 Å². The maximum atomic E-state index is 12.0. The fourth-order valence-corrected chi connectivity index (χ4v) is 2.02. The van der Waals surface area contributed by atoms with Gasteiger partial charge in [-0.05, 0) is 44.2 Å². The molecule has 4 nitrogen and oxygen atoms in total. The van der Waals surface area contributed by atoms with Crippen LogP contribution in [0.4, 0.5) is 0 Å². The third-order valence-electron chi connectivity index (χ3n) is 2.95. The van der Waals surface area contributed by atoms with Gasteiger partial charge in [0.15, 0.2) is 0 Å². The number of carbonyl (C=O) groups is 1. The van der Waals surface area contributed by atoms with Gasteiger partial charge in [0.05, 0.1) is 5.71 Å². The Bertz CT molecular complexity index is 711. The maximum absolute atomic E-state index is 12.0. The summed E-state index contributed by atoms with van der Waals surface area (Å²) in [6.07, 6.45) is 0. The van der Waals surface area contributed by atoms with Crippen LogP contribution in [0.1, 0.15) is 28.4 Å². The molecule has 0 fully saturated rings. The Morgan fingerprint density at radius 1 is 1.24 bits per heavy atom. The normalized spacial score (nSPS) is 11.3. The smallest absolute Gasteiger partial charge is 0.271 e. The second kappa shape index (κ2) is 6.41. The minimum absolute atomic E-state index is 0.0606. The molecule has 2 rings (SSSR count). The molecule has 0 aliphatic carbocycles. The first-order valence-corrected chi connectivity index (χ1v) is 6.75. The molecule has 0 radical (unpaired) electrons. The van der Waals surface area contributed by atoms with Crippen LogP contribution in [0.5, 0.6) is 5.75 Å². The molecule has 0 saturated heterocycles. The molecule has 0 bridgehead atoms. The number of halogens is 1. The van der Waals surface area contributed by atoms with Crippen molar-refractivity contribution >= 4 is 23.2 Å². The van der Waals surface area contributed by atoms with Crippen LogP contribution in [-0.2, 0) is 0 Å². The fraction of sp³-hybridized carbons (Fsp3) is 0.125. The highest BCUT2D eigenvalue weighted by Gasteiger charge is 2.08. The Labute approximate surface area is 128 Å². The Hall–Kier alpha value is -2.33. The van der Waals surface area contributed by atoms with Crippen LogP contribution in [0.25, 0.3) is 0 Å². The fourth-order valence-electron chi connectivity index (χ4n) is 1.84. The maximum Gasteiger partial charge on any atom is 0.271 e. The highest BCUT2D eigenvalue weighted by Crippen LogP contribution is 2.22. The van der Waals surface area contributed by atoms with Crippen LogP contribution in [0.2, 0.25) is 5.02 Å². The van der Waals surface area contributed by atoms with Crippen LogP contribution in [0.3, 0.4) is 0 Å². The molecule has 108 valence electrons. The summed E-state index contributed by atoms with van der Waals surface area (Å²) in [6, 6.07) is 11.9. The summed E-state index contributed by atoms with van der Waals surface area (Å²) < 4.78 is 0. The molecule has 0 aromatic heterocycles. The zero-order valence-corrected chi connectivity index (χ0v) is 12.5. The summed E-state index contributed by atoms with van der Waals surface area (Å²) in [5, 5.41) is 14.3. The quantitative estimate of drug-likeness (QED) is 0.673. The third kappa shape index (κ3) is 3.83. The van der Waals surface area contributed by atoms with E-state index in [1.807, 2.05) is 19.1 Å². The number of benzene rings is 2. The molecule has 0 unspecified atom stereocenters. The minimum Gasteiger partial charge on any atom is -0.507 e. The zero-order chi connectivity index (χ0) is 15.4. The number of rotatable bonds is 3. The molecule has 0 spiro atoms. The van der Waals surface area contributed by atoms with E-state index >= 15 is 0 Å². The summed E-state index contributed by atoms with van der Waals surface area (Å²) in [6.45, 7) is 3.59. The molecular weight excluding hydrogens is 288 g/mol.